The molecule has 0 aliphatic rings. The molecule has 3 rings (SSSR count). The smallest absolute Gasteiger partial charge is 0.257 e. The molecule has 0 unspecified atom stereocenters. The molecule has 2 aromatic carbocycles. The normalized spacial score (nSPS) is 11.2. The third-order valence-corrected chi connectivity index (χ3v) is 4.47. The van der Waals surface area contributed by atoms with Crippen molar-refractivity contribution in [2.45, 2.75) is 5.22 Å². The SMILES string of the molecule is O=C(CSc1nc2ccccc2o1)N/N=C/c1c(Cl)cccc1Cl. The summed E-state index contributed by atoms with van der Waals surface area (Å²) in [5.74, 6) is -0.165. The van der Waals surface area contributed by atoms with E-state index in [1.165, 1.54) is 18.0 Å². The topological polar surface area (TPSA) is 67.5 Å². The van der Waals surface area contributed by atoms with Crippen LogP contribution in [0, 0.1) is 0 Å². The molecule has 0 saturated carbocycles. The summed E-state index contributed by atoms with van der Waals surface area (Å²) in [6, 6.07) is 12.5. The summed E-state index contributed by atoms with van der Waals surface area (Å²) in [6.45, 7) is 0. The number of fused-ring (bicyclic) bond motifs is 1. The van der Waals surface area contributed by atoms with Crippen LogP contribution < -0.4 is 5.43 Å². The molecule has 122 valence electrons. The van der Waals surface area contributed by atoms with Gasteiger partial charge in [-0.3, -0.25) is 4.79 Å². The quantitative estimate of drug-likeness (QED) is 0.405. The van der Waals surface area contributed by atoms with Crippen LogP contribution in [0.1, 0.15) is 5.56 Å². The Kier molecular flexibility index (Phi) is 5.40. The largest absolute Gasteiger partial charge is 0.431 e. The highest BCUT2D eigenvalue weighted by Gasteiger charge is 2.08. The number of hydrogen-bond donors (Lipinski definition) is 1. The lowest BCUT2D eigenvalue weighted by Gasteiger charge is -2.01. The van der Waals surface area contributed by atoms with Gasteiger partial charge in [-0.15, -0.1) is 0 Å². The number of halogens is 2. The Labute approximate surface area is 152 Å². The van der Waals surface area contributed by atoms with E-state index in [4.69, 9.17) is 27.6 Å². The molecule has 0 aliphatic heterocycles. The molecule has 0 atom stereocenters. The van der Waals surface area contributed by atoms with Crippen LogP contribution in [-0.2, 0) is 4.79 Å². The summed E-state index contributed by atoms with van der Waals surface area (Å²) in [7, 11) is 0. The Morgan fingerprint density at radius 3 is 2.71 bits per heavy atom. The monoisotopic (exact) mass is 379 g/mol. The standard InChI is InChI=1S/C16H11Cl2N3O2S/c17-11-4-3-5-12(18)10(11)8-19-21-15(22)9-24-16-20-13-6-1-2-7-14(13)23-16/h1-8H,9H2,(H,21,22)/b19-8+. The van der Waals surface area contributed by atoms with Crippen LogP contribution in [-0.4, -0.2) is 22.9 Å². The van der Waals surface area contributed by atoms with Crippen LogP contribution in [0.4, 0.5) is 0 Å². The minimum Gasteiger partial charge on any atom is -0.431 e. The Bertz CT molecular complexity index is 858. The number of hydrogen-bond acceptors (Lipinski definition) is 5. The molecule has 3 aromatic rings. The molecular weight excluding hydrogens is 369 g/mol. The summed E-state index contributed by atoms with van der Waals surface area (Å²) >= 11 is 13.2. The molecule has 8 heteroatoms. The van der Waals surface area contributed by atoms with Gasteiger partial charge in [0.15, 0.2) is 5.58 Å². The summed E-state index contributed by atoms with van der Waals surface area (Å²) in [6.07, 6.45) is 1.41. The van der Waals surface area contributed by atoms with E-state index in [1.807, 2.05) is 24.3 Å². The second-order valence-corrected chi connectivity index (χ2v) is 6.41. The number of carbonyl (C=O) groups is 1. The van der Waals surface area contributed by atoms with Gasteiger partial charge in [-0.05, 0) is 24.3 Å². The van der Waals surface area contributed by atoms with Gasteiger partial charge in [-0.1, -0.05) is 53.2 Å². The van der Waals surface area contributed by atoms with Gasteiger partial charge in [-0.25, -0.2) is 10.4 Å². The third kappa shape index (κ3) is 4.08. The van der Waals surface area contributed by atoms with Crippen LogP contribution in [0.5, 0.6) is 0 Å². The van der Waals surface area contributed by atoms with Crippen LogP contribution >= 0.6 is 35.0 Å². The van der Waals surface area contributed by atoms with E-state index >= 15 is 0 Å². The number of benzene rings is 2. The highest BCUT2D eigenvalue weighted by molar-refractivity contribution is 7.99. The zero-order valence-corrected chi connectivity index (χ0v) is 14.5. The Morgan fingerprint density at radius 2 is 1.96 bits per heavy atom. The summed E-state index contributed by atoms with van der Waals surface area (Å²) in [5.41, 5.74) is 4.40. The van der Waals surface area contributed by atoms with E-state index in [0.29, 0.717) is 26.4 Å². The fourth-order valence-corrected chi connectivity index (χ4v) is 3.00. The molecule has 24 heavy (non-hydrogen) atoms. The first kappa shape index (κ1) is 16.8. The predicted octanol–water partition coefficient (Wildman–Crippen LogP) is 4.38. The molecule has 0 radical (unpaired) electrons. The Hall–Kier alpha value is -2.02. The number of hydrazone groups is 1. The first-order valence-corrected chi connectivity index (χ1v) is 8.62. The number of carbonyl (C=O) groups excluding carboxylic acids is 1. The lowest BCUT2D eigenvalue weighted by molar-refractivity contribution is -0.118. The van der Waals surface area contributed by atoms with Crippen LogP contribution in [0.3, 0.4) is 0 Å². The minimum absolute atomic E-state index is 0.125. The van der Waals surface area contributed by atoms with Crippen molar-refractivity contribution in [1.82, 2.24) is 10.4 Å². The number of rotatable bonds is 5. The number of aromatic nitrogens is 1. The Balaban J connectivity index is 1.55. The van der Waals surface area contributed by atoms with Gasteiger partial charge >= 0.3 is 0 Å². The van der Waals surface area contributed by atoms with Crippen molar-refractivity contribution in [3.8, 4) is 0 Å². The third-order valence-electron chi connectivity index (χ3n) is 2.98. The highest BCUT2D eigenvalue weighted by atomic mass is 35.5. The second kappa shape index (κ2) is 7.70. The number of nitrogens with zero attached hydrogens (tertiary/aromatic N) is 2. The van der Waals surface area contributed by atoms with Crippen molar-refractivity contribution in [2.24, 2.45) is 5.10 Å². The van der Waals surface area contributed by atoms with Gasteiger partial charge in [0, 0.05) is 5.56 Å². The molecule has 1 aromatic heterocycles. The van der Waals surface area contributed by atoms with Gasteiger partial charge in [0.1, 0.15) is 5.52 Å². The molecule has 5 nitrogen and oxygen atoms in total. The average molecular weight is 380 g/mol. The summed E-state index contributed by atoms with van der Waals surface area (Å²) in [5, 5.41) is 5.21. The summed E-state index contributed by atoms with van der Waals surface area (Å²) in [4.78, 5) is 16.1. The van der Waals surface area contributed by atoms with Crippen molar-refractivity contribution < 1.29 is 9.21 Å². The van der Waals surface area contributed by atoms with Crippen LogP contribution in [0.25, 0.3) is 11.1 Å². The highest BCUT2D eigenvalue weighted by Crippen LogP contribution is 2.23. The molecule has 0 bridgehead atoms. The zero-order chi connectivity index (χ0) is 16.9. The fourth-order valence-electron chi connectivity index (χ4n) is 1.88. The number of amides is 1. The van der Waals surface area contributed by atoms with Crippen molar-refractivity contribution >= 4 is 58.2 Å². The van der Waals surface area contributed by atoms with Gasteiger partial charge in [0.25, 0.3) is 11.1 Å². The van der Waals surface area contributed by atoms with E-state index in [2.05, 4.69) is 15.5 Å². The van der Waals surface area contributed by atoms with E-state index in [-0.39, 0.29) is 11.7 Å². The number of nitrogens with one attached hydrogen (secondary N) is 1. The molecule has 1 N–H and O–H groups in total. The van der Waals surface area contributed by atoms with Crippen molar-refractivity contribution in [3.05, 3.63) is 58.1 Å². The predicted molar refractivity (Wildman–Crippen MR) is 96.9 cm³/mol. The molecule has 0 spiro atoms. The van der Waals surface area contributed by atoms with Gasteiger partial charge in [0.2, 0.25) is 0 Å². The molecule has 1 heterocycles. The van der Waals surface area contributed by atoms with E-state index in [1.54, 1.807) is 18.2 Å². The molecule has 0 aliphatic carbocycles. The van der Waals surface area contributed by atoms with Crippen LogP contribution in [0.15, 0.2) is 57.2 Å². The van der Waals surface area contributed by atoms with E-state index in [9.17, 15) is 4.79 Å². The van der Waals surface area contributed by atoms with Gasteiger partial charge in [-0.2, -0.15) is 5.10 Å². The maximum absolute atomic E-state index is 11.8. The lowest BCUT2D eigenvalue weighted by Crippen LogP contribution is -2.19. The average Bonchev–Trinajstić information content (AvgIpc) is 2.98. The number of thioether (sulfide) groups is 1. The van der Waals surface area contributed by atoms with Gasteiger partial charge < -0.3 is 4.42 Å². The van der Waals surface area contributed by atoms with Crippen molar-refractivity contribution in [3.63, 3.8) is 0 Å². The first-order chi connectivity index (χ1) is 11.6. The Morgan fingerprint density at radius 1 is 1.21 bits per heavy atom. The first-order valence-electron chi connectivity index (χ1n) is 6.88. The molecule has 0 saturated heterocycles. The maximum Gasteiger partial charge on any atom is 0.257 e. The van der Waals surface area contributed by atoms with Crippen molar-refractivity contribution in [2.75, 3.05) is 5.75 Å². The van der Waals surface area contributed by atoms with E-state index in [0.717, 1.165) is 5.52 Å². The summed E-state index contributed by atoms with van der Waals surface area (Å²) < 4.78 is 5.52. The minimum atomic E-state index is -0.290. The van der Waals surface area contributed by atoms with E-state index < -0.39 is 0 Å². The number of oxazole rings is 1. The maximum atomic E-state index is 11.8. The molecular formula is C16H11Cl2N3O2S. The zero-order valence-electron chi connectivity index (χ0n) is 12.2. The molecule has 0 fully saturated rings. The number of para-hydroxylation sites is 2. The van der Waals surface area contributed by atoms with Crippen LogP contribution in [0.2, 0.25) is 10.0 Å². The molecule has 1 amide bonds. The fraction of sp³-hybridized carbons (Fsp3) is 0.0625. The van der Waals surface area contributed by atoms with Gasteiger partial charge in [0.05, 0.1) is 22.0 Å². The van der Waals surface area contributed by atoms with Crippen molar-refractivity contribution in [1.29, 1.82) is 0 Å². The lowest BCUT2D eigenvalue weighted by atomic mass is 10.2. The second-order valence-electron chi connectivity index (χ2n) is 4.66.